The van der Waals surface area contributed by atoms with Crippen molar-refractivity contribution in [2.75, 3.05) is 31.1 Å². The maximum Gasteiger partial charge on any atom is 0.151 e. The van der Waals surface area contributed by atoms with Gasteiger partial charge in [-0.3, -0.25) is 10.1 Å². The lowest BCUT2D eigenvalue weighted by Crippen LogP contribution is -2.28. The van der Waals surface area contributed by atoms with Crippen molar-refractivity contribution < 1.29 is 0 Å². The second-order valence-electron chi connectivity index (χ2n) is 4.47. The van der Waals surface area contributed by atoms with Crippen molar-refractivity contribution in [3.8, 4) is 11.3 Å². The van der Waals surface area contributed by atoms with E-state index in [4.69, 9.17) is 0 Å². The number of aromatic amines is 1. The van der Waals surface area contributed by atoms with E-state index in [1.165, 1.54) is 0 Å². The molecule has 0 unspecified atom stereocenters. The quantitative estimate of drug-likeness (QED) is 0.834. The minimum Gasteiger partial charge on any atom is -0.354 e. The second kappa shape index (κ2) is 5.18. The highest BCUT2D eigenvalue weighted by atomic mass is 15.3. The van der Waals surface area contributed by atoms with Crippen LogP contribution >= 0.6 is 0 Å². The van der Waals surface area contributed by atoms with Gasteiger partial charge in [0.2, 0.25) is 0 Å². The van der Waals surface area contributed by atoms with Crippen LogP contribution in [0.25, 0.3) is 11.3 Å². The summed E-state index contributed by atoms with van der Waals surface area (Å²) < 4.78 is 0. The van der Waals surface area contributed by atoms with Crippen molar-refractivity contribution >= 4 is 5.82 Å². The third kappa shape index (κ3) is 2.36. The molecule has 3 heterocycles. The van der Waals surface area contributed by atoms with Crippen LogP contribution in [0.15, 0.2) is 30.6 Å². The van der Waals surface area contributed by atoms with Crippen molar-refractivity contribution in [1.29, 1.82) is 0 Å². The molecule has 1 fully saturated rings. The minimum atomic E-state index is 1.01. The number of rotatable bonds is 2. The zero-order valence-electron chi connectivity index (χ0n) is 10.3. The van der Waals surface area contributed by atoms with Gasteiger partial charge in [0.05, 0.1) is 5.69 Å². The van der Waals surface area contributed by atoms with Gasteiger partial charge in [-0.15, -0.1) is 0 Å². The van der Waals surface area contributed by atoms with Crippen LogP contribution in [-0.2, 0) is 0 Å². The summed E-state index contributed by atoms with van der Waals surface area (Å²) in [5.41, 5.74) is 2.17. The van der Waals surface area contributed by atoms with Gasteiger partial charge < -0.3 is 10.2 Å². The first-order valence-electron chi connectivity index (χ1n) is 6.35. The maximum atomic E-state index is 4.41. The molecule has 5 nitrogen and oxygen atoms in total. The van der Waals surface area contributed by atoms with Crippen molar-refractivity contribution in [3.05, 3.63) is 30.6 Å². The maximum absolute atomic E-state index is 4.41. The van der Waals surface area contributed by atoms with Crippen molar-refractivity contribution in [3.63, 3.8) is 0 Å². The van der Waals surface area contributed by atoms with Gasteiger partial charge >= 0.3 is 0 Å². The SMILES string of the molecule is c1cc(-c2cc(N3CCCNCC3)n[nH]2)ccn1. The highest BCUT2D eigenvalue weighted by Crippen LogP contribution is 2.21. The Labute approximate surface area is 106 Å². The van der Waals surface area contributed by atoms with Gasteiger partial charge in [0, 0.05) is 43.7 Å². The molecule has 94 valence electrons. The largest absolute Gasteiger partial charge is 0.354 e. The van der Waals surface area contributed by atoms with Crippen LogP contribution in [0.4, 0.5) is 5.82 Å². The van der Waals surface area contributed by atoms with Crippen LogP contribution in [-0.4, -0.2) is 41.4 Å². The van der Waals surface area contributed by atoms with Gasteiger partial charge in [-0.1, -0.05) is 0 Å². The summed E-state index contributed by atoms with van der Waals surface area (Å²) in [6.07, 6.45) is 4.76. The van der Waals surface area contributed by atoms with Crippen LogP contribution in [0, 0.1) is 0 Å². The molecule has 18 heavy (non-hydrogen) atoms. The number of hydrogen-bond donors (Lipinski definition) is 2. The molecule has 0 atom stereocenters. The van der Waals surface area contributed by atoms with Crippen LogP contribution in [0.5, 0.6) is 0 Å². The third-order valence-corrected chi connectivity index (χ3v) is 3.22. The molecule has 1 aliphatic rings. The fourth-order valence-corrected chi connectivity index (χ4v) is 2.23. The molecule has 2 aromatic rings. The highest BCUT2D eigenvalue weighted by molar-refractivity contribution is 5.62. The first-order valence-corrected chi connectivity index (χ1v) is 6.35. The number of nitrogens with one attached hydrogen (secondary N) is 2. The molecular weight excluding hydrogens is 226 g/mol. The molecule has 0 radical (unpaired) electrons. The summed E-state index contributed by atoms with van der Waals surface area (Å²) in [6.45, 7) is 4.20. The van der Waals surface area contributed by atoms with E-state index in [0.717, 1.165) is 49.7 Å². The number of aromatic nitrogens is 3. The lowest BCUT2D eigenvalue weighted by atomic mass is 10.2. The molecule has 3 rings (SSSR count). The van der Waals surface area contributed by atoms with Crippen LogP contribution in [0.2, 0.25) is 0 Å². The monoisotopic (exact) mass is 243 g/mol. The summed E-state index contributed by atoms with van der Waals surface area (Å²) in [7, 11) is 0. The lowest BCUT2D eigenvalue weighted by molar-refractivity contribution is 0.724. The molecule has 0 aliphatic carbocycles. The van der Waals surface area contributed by atoms with Gasteiger partial charge in [0.15, 0.2) is 5.82 Å². The Kier molecular flexibility index (Phi) is 3.23. The van der Waals surface area contributed by atoms with Gasteiger partial charge in [0.1, 0.15) is 0 Å². The second-order valence-corrected chi connectivity index (χ2v) is 4.47. The Bertz CT molecular complexity index is 485. The number of anilines is 1. The van der Waals surface area contributed by atoms with E-state index in [1.807, 2.05) is 12.1 Å². The molecule has 5 heteroatoms. The number of hydrogen-bond acceptors (Lipinski definition) is 4. The van der Waals surface area contributed by atoms with E-state index in [9.17, 15) is 0 Å². The Morgan fingerprint density at radius 2 is 2.00 bits per heavy atom. The van der Waals surface area contributed by atoms with E-state index in [-0.39, 0.29) is 0 Å². The Morgan fingerprint density at radius 1 is 1.11 bits per heavy atom. The van der Waals surface area contributed by atoms with E-state index in [2.05, 4.69) is 31.5 Å². The number of nitrogens with zero attached hydrogens (tertiary/aromatic N) is 3. The van der Waals surface area contributed by atoms with Gasteiger partial charge in [-0.25, -0.2) is 0 Å². The van der Waals surface area contributed by atoms with Crippen molar-refractivity contribution in [2.24, 2.45) is 0 Å². The Balaban J connectivity index is 1.80. The summed E-state index contributed by atoms with van der Waals surface area (Å²) in [4.78, 5) is 6.35. The molecular formula is C13H17N5. The first-order chi connectivity index (χ1) is 8.93. The van der Waals surface area contributed by atoms with Crippen molar-refractivity contribution in [1.82, 2.24) is 20.5 Å². The fraction of sp³-hybridized carbons (Fsp3) is 0.385. The number of pyridine rings is 1. The lowest BCUT2D eigenvalue weighted by Gasteiger charge is -2.18. The summed E-state index contributed by atoms with van der Waals surface area (Å²) in [5, 5.41) is 10.9. The van der Waals surface area contributed by atoms with Crippen LogP contribution in [0.3, 0.4) is 0 Å². The van der Waals surface area contributed by atoms with E-state index >= 15 is 0 Å². The summed E-state index contributed by atoms with van der Waals surface area (Å²) in [5.74, 6) is 1.03. The summed E-state index contributed by atoms with van der Waals surface area (Å²) >= 11 is 0. The third-order valence-electron chi connectivity index (χ3n) is 3.22. The van der Waals surface area contributed by atoms with E-state index < -0.39 is 0 Å². The Hall–Kier alpha value is -1.88. The van der Waals surface area contributed by atoms with E-state index in [0.29, 0.717) is 0 Å². The van der Waals surface area contributed by atoms with E-state index in [1.54, 1.807) is 12.4 Å². The standard InChI is InChI=1S/C13H17N5/c1-4-14-7-9-18(8-1)13-10-12(16-17-13)11-2-5-15-6-3-11/h2-3,5-6,10,14H,1,4,7-9H2,(H,16,17). The molecule has 0 amide bonds. The van der Waals surface area contributed by atoms with Crippen LogP contribution < -0.4 is 10.2 Å². The molecule has 0 saturated carbocycles. The molecule has 1 saturated heterocycles. The molecule has 0 aromatic carbocycles. The average Bonchev–Trinajstić information content (AvgIpc) is 2.76. The zero-order chi connectivity index (χ0) is 12.2. The Morgan fingerprint density at radius 3 is 2.89 bits per heavy atom. The molecule has 2 aromatic heterocycles. The zero-order valence-corrected chi connectivity index (χ0v) is 10.3. The molecule has 0 bridgehead atoms. The summed E-state index contributed by atoms with van der Waals surface area (Å²) in [6, 6.07) is 6.09. The van der Waals surface area contributed by atoms with Gasteiger partial charge in [-0.2, -0.15) is 5.10 Å². The topological polar surface area (TPSA) is 56.8 Å². The first kappa shape index (κ1) is 11.2. The average molecular weight is 243 g/mol. The highest BCUT2D eigenvalue weighted by Gasteiger charge is 2.12. The molecule has 1 aliphatic heterocycles. The number of H-pyrrole nitrogens is 1. The van der Waals surface area contributed by atoms with Crippen LogP contribution in [0.1, 0.15) is 6.42 Å². The van der Waals surface area contributed by atoms with Gasteiger partial charge in [0.25, 0.3) is 0 Å². The smallest absolute Gasteiger partial charge is 0.151 e. The minimum absolute atomic E-state index is 1.01. The van der Waals surface area contributed by atoms with Crippen molar-refractivity contribution in [2.45, 2.75) is 6.42 Å². The normalized spacial score (nSPS) is 16.6. The predicted molar refractivity (Wildman–Crippen MR) is 71.5 cm³/mol. The molecule has 2 N–H and O–H groups in total. The van der Waals surface area contributed by atoms with Gasteiger partial charge in [-0.05, 0) is 25.1 Å². The molecule has 0 spiro atoms. The predicted octanol–water partition coefficient (Wildman–Crippen LogP) is 1.27. The fourth-order valence-electron chi connectivity index (χ4n) is 2.23.